The van der Waals surface area contributed by atoms with Gasteiger partial charge in [0.25, 0.3) is 6.33 Å². The largest absolute Gasteiger partial charge is 0.303 e. The molecule has 5 rings (SSSR count). The molecule has 4 heterocycles. The monoisotopic (exact) mass is 375 g/mol. The first-order valence-electron chi connectivity index (χ1n) is 9.41. The summed E-state index contributed by atoms with van der Waals surface area (Å²) in [5.41, 5.74) is 9.81. The molecule has 1 aliphatic heterocycles. The Morgan fingerprint density at radius 2 is 2.04 bits per heavy atom. The Bertz CT molecular complexity index is 1260. The number of fused-ring (bicyclic) bond motifs is 4. The van der Waals surface area contributed by atoms with Crippen LogP contribution in [0.4, 0.5) is 0 Å². The van der Waals surface area contributed by atoms with E-state index in [9.17, 15) is 0 Å². The average molecular weight is 376 g/mol. The minimum Gasteiger partial charge on any atom is -0.303 e. The quantitative estimate of drug-likeness (QED) is 0.467. The summed E-state index contributed by atoms with van der Waals surface area (Å²) in [4.78, 5) is 9.80. The lowest BCUT2D eigenvalue weighted by molar-refractivity contribution is -0.662. The molecule has 1 aromatic carbocycles. The Balaban J connectivity index is 1.93. The minimum atomic E-state index is 0.465. The SMILES string of the molecule is Cc1cc2c(nc3n2C=CC3)c(-c2c3scc(C(C)C)c3nc[n+]2C)c1C. The minimum absolute atomic E-state index is 0.465. The molecular formula is C22H23N4S+. The van der Waals surface area contributed by atoms with Crippen molar-refractivity contribution in [3.05, 3.63) is 46.4 Å². The van der Waals surface area contributed by atoms with Crippen LogP contribution in [0.1, 0.15) is 42.3 Å². The molecule has 0 atom stereocenters. The first kappa shape index (κ1) is 16.6. The van der Waals surface area contributed by atoms with Gasteiger partial charge in [0.15, 0.2) is 5.69 Å². The molecular weight excluding hydrogens is 352 g/mol. The van der Waals surface area contributed by atoms with Crippen molar-refractivity contribution in [1.29, 1.82) is 0 Å². The van der Waals surface area contributed by atoms with Crippen molar-refractivity contribution in [2.75, 3.05) is 0 Å². The fourth-order valence-corrected chi connectivity index (χ4v) is 5.36. The van der Waals surface area contributed by atoms with E-state index in [1.54, 1.807) is 11.3 Å². The van der Waals surface area contributed by atoms with E-state index in [1.165, 1.54) is 38.2 Å². The number of aryl methyl sites for hydroxylation is 2. The number of thiophene rings is 1. The number of nitrogens with zero attached hydrogens (tertiary/aromatic N) is 4. The highest BCUT2D eigenvalue weighted by Crippen LogP contribution is 2.40. The zero-order chi connectivity index (χ0) is 18.9. The zero-order valence-corrected chi connectivity index (χ0v) is 17.2. The van der Waals surface area contributed by atoms with Gasteiger partial charge in [-0.25, -0.2) is 9.55 Å². The average Bonchev–Trinajstić information content (AvgIpc) is 3.31. The van der Waals surface area contributed by atoms with E-state index >= 15 is 0 Å². The second-order valence-corrected chi connectivity index (χ2v) is 8.66. The van der Waals surface area contributed by atoms with Gasteiger partial charge in [-0.15, -0.1) is 11.3 Å². The van der Waals surface area contributed by atoms with Crippen molar-refractivity contribution in [2.45, 2.75) is 40.0 Å². The highest BCUT2D eigenvalue weighted by Gasteiger charge is 2.26. The lowest BCUT2D eigenvalue weighted by Gasteiger charge is -2.11. The summed E-state index contributed by atoms with van der Waals surface area (Å²) in [6.07, 6.45) is 7.18. The fourth-order valence-electron chi connectivity index (χ4n) is 4.09. The van der Waals surface area contributed by atoms with Crippen molar-refractivity contribution in [2.24, 2.45) is 7.05 Å². The second kappa shape index (κ2) is 5.73. The molecule has 0 radical (unpaired) electrons. The van der Waals surface area contributed by atoms with E-state index in [0.717, 1.165) is 23.3 Å². The molecule has 5 heteroatoms. The third-order valence-corrected chi connectivity index (χ3v) is 6.71. The molecule has 4 nitrogen and oxygen atoms in total. The van der Waals surface area contributed by atoms with E-state index in [2.05, 4.69) is 67.6 Å². The summed E-state index contributed by atoms with van der Waals surface area (Å²) in [6, 6.07) is 2.27. The van der Waals surface area contributed by atoms with Crippen molar-refractivity contribution in [1.82, 2.24) is 14.5 Å². The van der Waals surface area contributed by atoms with Gasteiger partial charge in [0.05, 0.1) is 18.1 Å². The number of imidazole rings is 1. The van der Waals surface area contributed by atoms with Gasteiger partial charge < -0.3 is 4.57 Å². The first-order valence-corrected chi connectivity index (χ1v) is 10.3. The third-order valence-electron chi connectivity index (χ3n) is 5.71. The van der Waals surface area contributed by atoms with Crippen LogP contribution in [0.2, 0.25) is 0 Å². The van der Waals surface area contributed by atoms with Crippen molar-refractivity contribution < 1.29 is 4.57 Å². The highest BCUT2D eigenvalue weighted by atomic mass is 32.1. The summed E-state index contributed by atoms with van der Waals surface area (Å²) in [7, 11) is 2.09. The van der Waals surface area contributed by atoms with Crippen LogP contribution in [0, 0.1) is 13.8 Å². The van der Waals surface area contributed by atoms with E-state index in [1.807, 2.05) is 6.33 Å². The van der Waals surface area contributed by atoms with Crippen molar-refractivity contribution in [3.8, 4) is 11.3 Å². The molecule has 0 saturated carbocycles. The number of allylic oxidation sites excluding steroid dienone is 1. The smallest absolute Gasteiger partial charge is 0.287 e. The van der Waals surface area contributed by atoms with Gasteiger partial charge in [0.1, 0.15) is 16.0 Å². The van der Waals surface area contributed by atoms with Crippen LogP contribution in [0.3, 0.4) is 0 Å². The molecule has 0 bridgehead atoms. The van der Waals surface area contributed by atoms with Crippen LogP contribution in [0.15, 0.2) is 23.8 Å². The summed E-state index contributed by atoms with van der Waals surface area (Å²) in [5, 5.41) is 2.27. The maximum absolute atomic E-state index is 5.03. The third kappa shape index (κ3) is 2.24. The molecule has 0 fully saturated rings. The lowest BCUT2D eigenvalue weighted by Crippen LogP contribution is -2.31. The van der Waals surface area contributed by atoms with Gasteiger partial charge in [-0.05, 0) is 47.3 Å². The van der Waals surface area contributed by atoms with E-state index < -0.39 is 0 Å². The van der Waals surface area contributed by atoms with E-state index in [4.69, 9.17) is 9.97 Å². The summed E-state index contributed by atoms with van der Waals surface area (Å²) < 4.78 is 5.64. The van der Waals surface area contributed by atoms with Crippen LogP contribution >= 0.6 is 11.3 Å². The Hall–Kier alpha value is -2.53. The molecule has 4 aromatic rings. The van der Waals surface area contributed by atoms with Gasteiger partial charge in [-0.3, -0.25) is 0 Å². The normalized spacial score (nSPS) is 13.4. The standard InChI is InChI=1S/C22H23N4S/c1-12(2)15-10-27-22-19(15)23-11-25(5)21(22)18-14(4)13(3)9-16-20(18)24-17-7-6-8-26(16)17/h6,8-12H,7H2,1-5H3/q+1. The van der Waals surface area contributed by atoms with Crippen LogP contribution in [0.5, 0.6) is 0 Å². The zero-order valence-electron chi connectivity index (χ0n) is 16.4. The molecule has 0 spiro atoms. The first-order chi connectivity index (χ1) is 13.0. The van der Waals surface area contributed by atoms with Crippen LogP contribution in [-0.4, -0.2) is 14.5 Å². The number of aromatic nitrogens is 4. The van der Waals surface area contributed by atoms with Crippen molar-refractivity contribution >= 4 is 38.8 Å². The molecule has 0 aliphatic carbocycles. The predicted octanol–water partition coefficient (Wildman–Crippen LogP) is 4.90. The van der Waals surface area contributed by atoms with Gasteiger partial charge >= 0.3 is 0 Å². The maximum atomic E-state index is 5.03. The van der Waals surface area contributed by atoms with Crippen LogP contribution in [-0.2, 0) is 13.5 Å². The summed E-state index contributed by atoms with van der Waals surface area (Å²) in [6.45, 7) is 8.88. The fraction of sp³-hybridized carbons (Fsp3) is 0.318. The molecule has 1 aliphatic rings. The number of hydrogen-bond acceptors (Lipinski definition) is 3. The Labute approximate surface area is 162 Å². The highest BCUT2D eigenvalue weighted by molar-refractivity contribution is 7.17. The molecule has 0 N–H and O–H groups in total. The molecule has 0 amide bonds. The summed E-state index contributed by atoms with van der Waals surface area (Å²) >= 11 is 1.80. The van der Waals surface area contributed by atoms with Crippen LogP contribution in [0.25, 0.3) is 38.7 Å². The molecule has 27 heavy (non-hydrogen) atoms. The van der Waals surface area contributed by atoms with Crippen molar-refractivity contribution in [3.63, 3.8) is 0 Å². The molecule has 0 saturated heterocycles. The topological polar surface area (TPSA) is 34.6 Å². The van der Waals surface area contributed by atoms with E-state index in [-0.39, 0.29) is 0 Å². The molecule has 136 valence electrons. The number of benzene rings is 1. The van der Waals surface area contributed by atoms with Gasteiger partial charge in [0.2, 0.25) is 5.52 Å². The van der Waals surface area contributed by atoms with Crippen LogP contribution < -0.4 is 4.57 Å². The van der Waals surface area contributed by atoms with Gasteiger partial charge in [-0.1, -0.05) is 19.9 Å². The predicted molar refractivity (Wildman–Crippen MR) is 112 cm³/mol. The number of rotatable bonds is 2. The van der Waals surface area contributed by atoms with E-state index in [0.29, 0.717) is 5.92 Å². The Morgan fingerprint density at radius 1 is 1.22 bits per heavy atom. The second-order valence-electron chi connectivity index (χ2n) is 7.78. The Kier molecular flexibility index (Phi) is 3.53. The van der Waals surface area contributed by atoms with Gasteiger partial charge in [-0.2, -0.15) is 0 Å². The Morgan fingerprint density at radius 3 is 2.81 bits per heavy atom. The van der Waals surface area contributed by atoms with Gasteiger partial charge in [0, 0.05) is 18.2 Å². The molecule has 0 unspecified atom stereocenters. The number of hydrogen-bond donors (Lipinski definition) is 0. The lowest BCUT2D eigenvalue weighted by atomic mass is 9.97. The maximum Gasteiger partial charge on any atom is 0.287 e. The molecule has 3 aromatic heterocycles. The summed E-state index contributed by atoms with van der Waals surface area (Å²) in [5.74, 6) is 1.59.